The van der Waals surface area contributed by atoms with E-state index in [2.05, 4.69) is 0 Å². The predicted molar refractivity (Wildman–Crippen MR) is 61.0 cm³/mol. The Morgan fingerprint density at radius 3 is 2.22 bits per heavy atom. The van der Waals surface area contributed by atoms with Gasteiger partial charge in [0, 0.05) is 19.1 Å². The minimum atomic E-state index is -4.55. The van der Waals surface area contributed by atoms with Crippen LogP contribution in [0.3, 0.4) is 0 Å². The van der Waals surface area contributed by atoms with Gasteiger partial charge in [0.1, 0.15) is 6.54 Å². The van der Waals surface area contributed by atoms with Crippen molar-refractivity contribution < 1.29 is 21.6 Å². The highest BCUT2D eigenvalue weighted by molar-refractivity contribution is 7.87. The van der Waals surface area contributed by atoms with Crippen molar-refractivity contribution in [3.8, 4) is 0 Å². The Kier molecular flexibility index (Phi) is 4.98. The zero-order valence-electron chi connectivity index (χ0n) is 10.1. The molecule has 9 heteroatoms. The number of alkyl halides is 3. The first-order valence-electron chi connectivity index (χ1n) is 5.67. The van der Waals surface area contributed by atoms with E-state index in [4.69, 9.17) is 5.73 Å². The van der Waals surface area contributed by atoms with Crippen LogP contribution in [0.1, 0.15) is 25.7 Å². The molecule has 0 aromatic heterocycles. The highest BCUT2D eigenvalue weighted by Crippen LogP contribution is 2.23. The molecule has 3 N–H and O–H groups in total. The quantitative estimate of drug-likeness (QED) is 0.795. The summed E-state index contributed by atoms with van der Waals surface area (Å²) < 4.78 is 61.8. The predicted octanol–water partition coefficient (Wildman–Crippen LogP) is 0.585. The van der Waals surface area contributed by atoms with Crippen LogP contribution in [0.25, 0.3) is 0 Å². The van der Waals surface area contributed by atoms with Gasteiger partial charge >= 0.3 is 6.18 Å². The molecule has 1 saturated carbocycles. The number of hydrogen-bond acceptors (Lipinski definition) is 3. The zero-order valence-corrected chi connectivity index (χ0v) is 10.9. The number of nitrogens with one attached hydrogen (secondary N) is 1. The number of halogens is 3. The Morgan fingerprint density at radius 1 is 1.28 bits per heavy atom. The van der Waals surface area contributed by atoms with Gasteiger partial charge in [-0.05, 0) is 25.7 Å². The van der Waals surface area contributed by atoms with Gasteiger partial charge in [-0.1, -0.05) is 0 Å². The lowest BCUT2D eigenvalue weighted by Gasteiger charge is -2.32. The van der Waals surface area contributed by atoms with Gasteiger partial charge in [-0.2, -0.15) is 30.6 Å². The monoisotopic (exact) mass is 289 g/mol. The summed E-state index contributed by atoms with van der Waals surface area (Å²) in [6.45, 7) is -1.55. The summed E-state index contributed by atoms with van der Waals surface area (Å²) >= 11 is 0. The number of nitrogens with two attached hydrogens (primary N) is 1. The van der Waals surface area contributed by atoms with Crippen molar-refractivity contribution in [3.63, 3.8) is 0 Å². The standard InChI is InChI=1S/C9H18F3N3O2S/c1-15(8-4-2-7(13)3-5-8)18(16,17)14-6-9(10,11)12/h7-8,14H,2-6,13H2,1H3. The molecule has 1 aliphatic carbocycles. The molecule has 0 spiro atoms. The highest BCUT2D eigenvalue weighted by Gasteiger charge is 2.34. The van der Waals surface area contributed by atoms with Crippen molar-refractivity contribution in [3.05, 3.63) is 0 Å². The van der Waals surface area contributed by atoms with E-state index in [0.29, 0.717) is 25.7 Å². The summed E-state index contributed by atoms with van der Waals surface area (Å²) in [5.74, 6) is 0. The third kappa shape index (κ3) is 4.71. The molecule has 0 unspecified atom stereocenters. The van der Waals surface area contributed by atoms with Gasteiger partial charge < -0.3 is 5.73 Å². The summed E-state index contributed by atoms with van der Waals surface area (Å²) in [6.07, 6.45) is -2.04. The van der Waals surface area contributed by atoms with Gasteiger partial charge in [0.05, 0.1) is 0 Å². The molecule has 18 heavy (non-hydrogen) atoms. The van der Waals surface area contributed by atoms with Gasteiger partial charge in [-0.25, -0.2) is 0 Å². The van der Waals surface area contributed by atoms with Crippen molar-refractivity contribution in [1.82, 2.24) is 9.03 Å². The number of nitrogens with zero attached hydrogens (tertiary/aromatic N) is 1. The van der Waals surface area contributed by atoms with Crippen LogP contribution in [-0.2, 0) is 10.2 Å². The van der Waals surface area contributed by atoms with Crippen LogP contribution in [0.4, 0.5) is 13.2 Å². The molecule has 0 heterocycles. The average molecular weight is 289 g/mol. The van der Waals surface area contributed by atoms with E-state index >= 15 is 0 Å². The molecule has 0 radical (unpaired) electrons. The fraction of sp³-hybridized carbons (Fsp3) is 1.00. The van der Waals surface area contributed by atoms with Crippen LogP contribution in [0, 0.1) is 0 Å². The van der Waals surface area contributed by atoms with E-state index in [1.165, 1.54) is 7.05 Å². The van der Waals surface area contributed by atoms with Crippen molar-refractivity contribution in [2.45, 2.75) is 43.9 Å². The number of rotatable bonds is 4. The topological polar surface area (TPSA) is 75.4 Å². The van der Waals surface area contributed by atoms with Gasteiger partial charge in [-0.3, -0.25) is 0 Å². The van der Waals surface area contributed by atoms with Crippen molar-refractivity contribution in [1.29, 1.82) is 0 Å². The molecule has 1 aliphatic rings. The van der Waals surface area contributed by atoms with Crippen molar-refractivity contribution in [2.24, 2.45) is 5.73 Å². The molecule has 1 rings (SSSR count). The highest BCUT2D eigenvalue weighted by atomic mass is 32.2. The van der Waals surface area contributed by atoms with E-state index in [-0.39, 0.29) is 12.1 Å². The maximum atomic E-state index is 12.0. The molecule has 0 aliphatic heterocycles. The first-order valence-corrected chi connectivity index (χ1v) is 7.11. The van der Waals surface area contributed by atoms with E-state index in [1.54, 1.807) is 4.72 Å². The maximum Gasteiger partial charge on any atom is 0.402 e. The Bertz CT molecular complexity index is 364. The minimum absolute atomic E-state index is 0.0560. The Labute approximate surface area is 105 Å². The SMILES string of the molecule is CN(C1CCC(N)CC1)S(=O)(=O)NCC(F)(F)F. The molecule has 0 saturated heterocycles. The summed E-state index contributed by atoms with van der Waals surface area (Å²) in [5, 5.41) is 0. The van der Waals surface area contributed by atoms with Crippen LogP contribution in [0.15, 0.2) is 0 Å². The second kappa shape index (κ2) is 5.72. The van der Waals surface area contributed by atoms with Crippen LogP contribution in [-0.4, -0.2) is 44.6 Å². The minimum Gasteiger partial charge on any atom is -0.328 e. The Hall–Kier alpha value is -0.380. The van der Waals surface area contributed by atoms with E-state index in [0.717, 1.165) is 4.31 Å². The zero-order chi connectivity index (χ0) is 14.0. The molecule has 5 nitrogen and oxygen atoms in total. The molecule has 108 valence electrons. The smallest absolute Gasteiger partial charge is 0.328 e. The largest absolute Gasteiger partial charge is 0.402 e. The third-order valence-electron chi connectivity index (χ3n) is 3.09. The maximum absolute atomic E-state index is 12.0. The second-order valence-corrected chi connectivity index (χ2v) is 6.34. The second-order valence-electron chi connectivity index (χ2n) is 4.53. The molecule has 0 aromatic rings. The number of hydrogen-bond donors (Lipinski definition) is 2. The third-order valence-corrected chi connectivity index (χ3v) is 4.66. The van der Waals surface area contributed by atoms with E-state index < -0.39 is 22.9 Å². The van der Waals surface area contributed by atoms with E-state index in [1.807, 2.05) is 0 Å². The Morgan fingerprint density at radius 2 is 1.78 bits per heavy atom. The van der Waals surface area contributed by atoms with Crippen molar-refractivity contribution >= 4 is 10.2 Å². The first kappa shape index (κ1) is 15.7. The molecular formula is C9H18F3N3O2S. The van der Waals surface area contributed by atoms with Gasteiger partial charge in [-0.15, -0.1) is 0 Å². The van der Waals surface area contributed by atoms with E-state index in [9.17, 15) is 21.6 Å². The van der Waals surface area contributed by atoms with Gasteiger partial charge in [0.15, 0.2) is 0 Å². The molecule has 0 atom stereocenters. The van der Waals surface area contributed by atoms with Gasteiger partial charge in [0.25, 0.3) is 10.2 Å². The van der Waals surface area contributed by atoms with Crippen LogP contribution < -0.4 is 10.5 Å². The fourth-order valence-electron chi connectivity index (χ4n) is 1.94. The van der Waals surface area contributed by atoms with Crippen LogP contribution in [0.5, 0.6) is 0 Å². The normalized spacial score (nSPS) is 26.6. The summed E-state index contributed by atoms with van der Waals surface area (Å²) in [7, 11) is -2.80. The van der Waals surface area contributed by atoms with Crippen molar-refractivity contribution in [2.75, 3.05) is 13.6 Å². The molecule has 0 amide bonds. The molecule has 0 bridgehead atoms. The summed E-state index contributed by atoms with van der Waals surface area (Å²) in [4.78, 5) is 0. The fourth-order valence-corrected chi connectivity index (χ4v) is 3.09. The van der Waals surface area contributed by atoms with Crippen LogP contribution >= 0.6 is 0 Å². The first-order chi connectivity index (χ1) is 8.12. The lowest BCUT2D eigenvalue weighted by atomic mass is 9.92. The average Bonchev–Trinajstić information content (AvgIpc) is 2.26. The molecular weight excluding hydrogens is 271 g/mol. The lowest BCUT2D eigenvalue weighted by molar-refractivity contribution is -0.121. The van der Waals surface area contributed by atoms with Crippen LogP contribution in [0.2, 0.25) is 0 Å². The van der Waals surface area contributed by atoms with Gasteiger partial charge in [0.2, 0.25) is 0 Å². The summed E-state index contributed by atoms with van der Waals surface area (Å²) in [5.41, 5.74) is 5.69. The Balaban J connectivity index is 2.56. The molecule has 1 fully saturated rings. The lowest BCUT2D eigenvalue weighted by Crippen LogP contribution is -2.48. The summed E-state index contributed by atoms with van der Waals surface area (Å²) in [6, 6.07) is -0.226. The molecule has 0 aromatic carbocycles.